The number of H-pyrrole nitrogens is 1. The van der Waals surface area contributed by atoms with Crippen LogP contribution in [0.15, 0.2) is 54.7 Å². The molecule has 1 fully saturated rings. The Morgan fingerprint density at radius 3 is 2.56 bits per heavy atom. The molecule has 0 aliphatic carbocycles. The van der Waals surface area contributed by atoms with Crippen LogP contribution in [-0.2, 0) is 4.74 Å². The van der Waals surface area contributed by atoms with Gasteiger partial charge < -0.3 is 19.5 Å². The molecule has 164 valence electrons. The van der Waals surface area contributed by atoms with Gasteiger partial charge in [-0.05, 0) is 45.0 Å². The molecule has 7 heteroatoms. The number of aromatic nitrogens is 3. The molecule has 32 heavy (non-hydrogen) atoms. The maximum atomic E-state index is 12.4. The molecule has 0 atom stereocenters. The minimum absolute atomic E-state index is 0.252. The van der Waals surface area contributed by atoms with Gasteiger partial charge in [-0.25, -0.2) is 14.8 Å². The van der Waals surface area contributed by atoms with E-state index in [2.05, 4.69) is 27.0 Å². The highest BCUT2D eigenvalue weighted by Gasteiger charge is 2.26. The van der Waals surface area contributed by atoms with Crippen molar-refractivity contribution in [3.63, 3.8) is 0 Å². The van der Waals surface area contributed by atoms with E-state index in [1.54, 1.807) is 4.90 Å². The van der Waals surface area contributed by atoms with Gasteiger partial charge in [0.15, 0.2) is 0 Å². The first kappa shape index (κ1) is 20.3. The molecule has 1 aliphatic rings. The van der Waals surface area contributed by atoms with Crippen LogP contribution in [0.3, 0.4) is 0 Å². The molecule has 4 heterocycles. The second-order valence-electron chi connectivity index (χ2n) is 9.09. The summed E-state index contributed by atoms with van der Waals surface area (Å²) < 4.78 is 5.51. The van der Waals surface area contributed by atoms with Crippen LogP contribution in [0.4, 0.5) is 10.6 Å². The number of piperazine rings is 1. The standard InChI is InChI=1S/C25H27N5O2/c1-25(2,3)32-24(31)30-15-13-29(14-16-30)21-10-6-9-19(27-21)18-11-12-26-23-22(18)17-7-4-5-8-20(17)28-23/h4-12H,13-16H2,1-3H3,(H,26,28). The van der Waals surface area contributed by atoms with Gasteiger partial charge in [0.1, 0.15) is 17.1 Å². The van der Waals surface area contributed by atoms with Crippen molar-refractivity contribution in [2.75, 3.05) is 31.1 Å². The van der Waals surface area contributed by atoms with Crippen molar-refractivity contribution in [2.24, 2.45) is 0 Å². The predicted octanol–water partition coefficient (Wildman–Crippen LogP) is 4.84. The lowest BCUT2D eigenvalue weighted by Crippen LogP contribution is -2.50. The van der Waals surface area contributed by atoms with Crippen molar-refractivity contribution in [1.29, 1.82) is 0 Å². The summed E-state index contributed by atoms with van der Waals surface area (Å²) in [5.74, 6) is 0.913. The Kier molecular flexibility index (Phi) is 4.96. The van der Waals surface area contributed by atoms with Crippen LogP contribution in [-0.4, -0.2) is 57.7 Å². The Balaban J connectivity index is 1.40. The van der Waals surface area contributed by atoms with Crippen molar-refractivity contribution < 1.29 is 9.53 Å². The normalized spacial score (nSPS) is 14.8. The number of nitrogens with zero attached hydrogens (tertiary/aromatic N) is 4. The zero-order valence-electron chi connectivity index (χ0n) is 18.6. The molecule has 1 saturated heterocycles. The minimum atomic E-state index is -0.484. The second-order valence-corrected chi connectivity index (χ2v) is 9.09. The first-order valence-corrected chi connectivity index (χ1v) is 10.9. The topological polar surface area (TPSA) is 74.3 Å². The molecule has 3 aromatic heterocycles. The van der Waals surface area contributed by atoms with Gasteiger partial charge in [-0.3, -0.25) is 0 Å². The molecule has 4 aromatic rings. The number of fused-ring (bicyclic) bond motifs is 3. The summed E-state index contributed by atoms with van der Waals surface area (Å²) in [6.45, 7) is 8.33. The Labute approximate surface area is 187 Å². The van der Waals surface area contributed by atoms with Gasteiger partial charge in [0.25, 0.3) is 0 Å². The Hall–Kier alpha value is -3.61. The van der Waals surface area contributed by atoms with E-state index in [4.69, 9.17) is 9.72 Å². The zero-order valence-corrected chi connectivity index (χ0v) is 18.6. The summed E-state index contributed by atoms with van der Waals surface area (Å²) >= 11 is 0. The molecule has 0 saturated carbocycles. The highest BCUT2D eigenvalue weighted by molar-refractivity contribution is 6.12. The molecule has 1 aliphatic heterocycles. The first-order valence-electron chi connectivity index (χ1n) is 10.9. The molecular weight excluding hydrogens is 402 g/mol. The van der Waals surface area contributed by atoms with Gasteiger partial charge in [-0.2, -0.15) is 0 Å². The number of hydrogen-bond acceptors (Lipinski definition) is 5. The van der Waals surface area contributed by atoms with Crippen LogP contribution >= 0.6 is 0 Å². The third-order valence-corrected chi connectivity index (χ3v) is 5.67. The van der Waals surface area contributed by atoms with Crippen molar-refractivity contribution in [3.8, 4) is 11.3 Å². The van der Waals surface area contributed by atoms with E-state index >= 15 is 0 Å². The maximum Gasteiger partial charge on any atom is 0.410 e. The van der Waals surface area contributed by atoms with Gasteiger partial charge in [-0.15, -0.1) is 0 Å². The number of carbonyl (C=O) groups is 1. The third-order valence-electron chi connectivity index (χ3n) is 5.67. The van der Waals surface area contributed by atoms with Gasteiger partial charge in [0.05, 0.1) is 5.69 Å². The minimum Gasteiger partial charge on any atom is -0.444 e. The molecular formula is C25H27N5O2. The van der Waals surface area contributed by atoms with E-state index in [9.17, 15) is 4.79 Å². The third kappa shape index (κ3) is 3.86. The number of ether oxygens (including phenoxy) is 1. The summed E-state index contributed by atoms with van der Waals surface area (Å²) in [5, 5.41) is 2.23. The fraction of sp³-hybridized carbons (Fsp3) is 0.320. The lowest BCUT2D eigenvalue weighted by Gasteiger charge is -2.36. The predicted molar refractivity (Wildman–Crippen MR) is 127 cm³/mol. The zero-order chi connectivity index (χ0) is 22.3. The lowest BCUT2D eigenvalue weighted by atomic mass is 10.1. The highest BCUT2D eigenvalue weighted by Crippen LogP contribution is 2.33. The Bertz CT molecular complexity index is 1280. The molecule has 1 N–H and O–H groups in total. The average molecular weight is 430 g/mol. The molecule has 7 nitrogen and oxygen atoms in total. The lowest BCUT2D eigenvalue weighted by molar-refractivity contribution is 0.0240. The smallest absolute Gasteiger partial charge is 0.410 e. The largest absolute Gasteiger partial charge is 0.444 e. The number of anilines is 1. The van der Waals surface area contributed by atoms with Gasteiger partial charge >= 0.3 is 6.09 Å². The van der Waals surface area contributed by atoms with E-state index in [0.717, 1.165) is 39.0 Å². The molecule has 0 radical (unpaired) electrons. The Morgan fingerprint density at radius 2 is 1.78 bits per heavy atom. The monoisotopic (exact) mass is 429 g/mol. The number of rotatable bonds is 2. The summed E-state index contributed by atoms with van der Waals surface area (Å²) in [7, 11) is 0. The molecule has 0 spiro atoms. The fourth-order valence-electron chi connectivity index (χ4n) is 4.17. The molecule has 0 bridgehead atoms. The molecule has 5 rings (SSSR count). The number of carbonyl (C=O) groups excluding carboxylic acids is 1. The summed E-state index contributed by atoms with van der Waals surface area (Å²) in [6.07, 6.45) is 1.57. The van der Waals surface area contributed by atoms with Crippen molar-refractivity contribution in [3.05, 3.63) is 54.7 Å². The number of benzene rings is 1. The molecule has 0 unspecified atom stereocenters. The van der Waals surface area contributed by atoms with Crippen LogP contribution < -0.4 is 4.90 Å². The fourth-order valence-corrected chi connectivity index (χ4v) is 4.17. The van der Waals surface area contributed by atoms with Gasteiger partial charge in [0.2, 0.25) is 0 Å². The summed E-state index contributed by atoms with van der Waals surface area (Å²) in [4.78, 5) is 29.3. The van der Waals surface area contributed by atoms with Crippen molar-refractivity contribution in [1.82, 2.24) is 19.9 Å². The van der Waals surface area contributed by atoms with Crippen molar-refractivity contribution >= 4 is 33.8 Å². The van der Waals surface area contributed by atoms with Crippen LogP contribution in [0.1, 0.15) is 20.8 Å². The van der Waals surface area contributed by atoms with E-state index < -0.39 is 5.60 Å². The summed E-state index contributed by atoms with van der Waals surface area (Å²) in [6, 6.07) is 16.4. The Morgan fingerprint density at radius 1 is 1.00 bits per heavy atom. The second kappa shape index (κ2) is 7.82. The van der Waals surface area contributed by atoms with Crippen LogP contribution in [0.5, 0.6) is 0 Å². The van der Waals surface area contributed by atoms with Gasteiger partial charge in [-0.1, -0.05) is 24.3 Å². The maximum absolute atomic E-state index is 12.4. The molecule has 1 amide bonds. The SMILES string of the molecule is CC(C)(C)OC(=O)N1CCN(c2cccc(-c3ccnc4[nH]c5ccccc5c34)n2)CC1. The van der Waals surface area contributed by atoms with Crippen LogP contribution in [0, 0.1) is 0 Å². The van der Waals surface area contributed by atoms with Crippen LogP contribution in [0.2, 0.25) is 0 Å². The number of pyridine rings is 2. The number of nitrogens with one attached hydrogen (secondary N) is 1. The number of amides is 1. The summed E-state index contributed by atoms with van der Waals surface area (Å²) in [5.41, 5.74) is 3.41. The van der Waals surface area contributed by atoms with E-state index in [1.165, 1.54) is 0 Å². The quantitative estimate of drug-likeness (QED) is 0.494. The van der Waals surface area contributed by atoms with Crippen LogP contribution in [0.25, 0.3) is 33.2 Å². The van der Waals surface area contributed by atoms with E-state index in [-0.39, 0.29) is 6.09 Å². The van der Waals surface area contributed by atoms with Gasteiger partial charge in [0, 0.05) is 54.2 Å². The van der Waals surface area contributed by atoms with Crippen molar-refractivity contribution in [2.45, 2.75) is 26.4 Å². The highest BCUT2D eigenvalue weighted by atomic mass is 16.6. The van der Waals surface area contributed by atoms with E-state index in [1.807, 2.05) is 63.4 Å². The average Bonchev–Trinajstić information content (AvgIpc) is 3.17. The number of para-hydroxylation sites is 1. The number of aromatic amines is 1. The molecule has 1 aromatic carbocycles. The van der Waals surface area contributed by atoms with E-state index in [0.29, 0.717) is 26.2 Å². The first-order chi connectivity index (χ1) is 15.4. The number of hydrogen-bond donors (Lipinski definition) is 1.